The van der Waals surface area contributed by atoms with Crippen molar-refractivity contribution in [3.8, 4) is 0 Å². The number of halogens is 1. The van der Waals surface area contributed by atoms with Crippen LogP contribution < -0.4 is 10.2 Å². The monoisotopic (exact) mass is 276 g/mol. The van der Waals surface area contributed by atoms with Gasteiger partial charge in [0, 0.05) is 31.4 Å². The molecule has 0 aromatic heterocycles. The third-order valence-corrected chi connectivity index (χ3v) is 4.46. The summed E-state index contributed by atoms with van der Waals surface area (Å²) in [7, 11) is 0. The van der Waals surface area contributed by atoms with Crippen molar-refractivity contribution in [2.45, 2.75) is 51.6 Å². The summed E-state index contributed by atoms with van der Waals surface area (Å²) in [5, 5.41) is 3.46. The molecule has 1 aliphatic carbocycles. The number of hydrogen-bond acceptors (Lipinski definition) is 2. The average molecular weight is 276 g/mol. The molecule has 1 N–H and O–H groups in total. The Morgan fingerprint density at radius 3 is 2.85 bits per heavy atom. The largest absolute Gasteiger partial charge is 0.371 e. The maximum Gasteiger partial charge on any atom is 0.125 e. The van der Waals surface area contributed by atoms with Crippen molar-refractivity contribution in [3.05, 3.63) is 29.6 Å². The van der Waals surface area contributed by atoms with Gasteiger partial charge in [-0.25, -0.2) is 4.39 Å². The van der Waals surface area contributed by atoms with E-state index in [2.05, 4.69) is 23.2 Å². The molecule has 2 fully saturated rings. The lowest BCUT2D eigenvalue weighted by Crippen LogP contribution is -2.21. The zero-order valence-electron chi connectivity index (χ0n) is 12.4. The molecule has 1 unspecified atom stereocenters. The second kappa shape index (κ2) is 6.13. The van der Waals surface area contributed by atoms with Crippen molar-refractivity contribution in [1.29, 1.82) is 0 Å². The van der Waals surface area contributed by atoms with E-state index in [1.54, 1.807) is 12.1 Å². The molecule has 1 aromatic rings. The third-order valence-electron chi connectivity index (χ3n) is 4.46. The van der Waals surface area contributed by atoms with Gasteiger partial charge in [0.15, 0.2) is 0 Å². The molecule has 1 saturated carbocycles. The van der Waals surface area contributed by atoms with Crippen LogP contribution >= 0.6 is 0 Å². The Kier molecular flexibility index (Phi) is 4.25. The predicted molar refractivity (Wildman–Crippen MR) is 81.5 cm³/mol. The van der Waals surface area contributed by atoms with Crippen LogP contribution in [-0.2, 0) is 6.54 Å². The molecule has 3 heteroatoms. The van der Waals surface area contributed by atoms with E-state index in [-0.39, 0.29) is 5.82 Å². The lowest BCUT2D eigenvalue weighted by Gasteiger charge is -2.20. The lowest BCUT2D eigenvalue weighted by molar-refractivity contribution is 0.529. The molecular weight excluding hydrogens is 251 g/mol. The average Bonchev–Trinajstić information content (AvgIpc) is 3.14. The third kappa shape index (κ3) is 3.51. The number of hydrogen-bond donors (Lipinski definition) is 1. The fourth-order valence-electron chi connectivity index (χ4n) is 3.18. The molecule has 1 saturated heterocycles. The molecule has 2 nitrogen and oxygen atoms in total. The number of rotatable bonds is 6. The second-order valence-corrected chi connectivity index (χ2v) is 6.36. The summed E-state index contributed by atoms with van der Waals surface area (Å²) in [5.41, 5.74) is 2.14. The summed E-state index contributed by atoms with van der Waals surface area (Å²) < 4.78 is 13.8. The Morgan fingerprint density at radius 2 is 2.10 bits per heavy atom. The Balaban J connectivity index is 1.65. The Labute approximate surface area is 121 Å². The molecule has 0 amide bonds. The molecule has 0 radical (unpaired) electrons. The van der Waals surface area contributed by atoms with Gasteiger partial charge in [0.05, 0.1) is 0 Å². The molecule has 2 aliphatic rings. The van der Waals surface area contributed by atoms with Crippen molar-refractivity contribution < 1.29 is 4.39 Å². The first-order valence-electron chi connectivity index (χ1n) is 8.02. The smallest absolute Gasteiger partial charge is 0.125 e. The highest BCUT2D eigenvalue weighted by Gasteiger charge is 2.23. The molecular formula is C17H25FN2. The number of benzene rings is 1. The lowest BCUT2D eigenvalue weighted by atomic mass is 10.0. The van der Waals surface area contributed by atoms with Crippen LogP contribution in [0.5, 0.6) is 0 Å². The topological polar surface area (TPSA) is 15.3 Å². The first kappa shape index (κ1) is 13.9. The molecule has 3 rings (SSSR count). The van der Waals surface area contributed by atoms with E-state index in [0.717, 1.165) is 36.8 Å². The van der Waals surface area contributed by atoms with Crippen LogP contribution in [-0.4, -0.2) is 19.1 Å². The molecule has 1 atom stereocenters. The minimum Gasteiger partial charge on any atom is -0.371 e. The van der Waals surface area contributed by atoms with E-state index >= 15 is 0 Å². The van der Waals surface area contributed by atoms with E-state index in [1.165, 1.54) is 32.1 Å². The molecule has 110 valence electrons. The van der Waals surface area contributed by atoms with E-state index < -0.39 is 0 Å². The van der Waals surface area contributed by atoms with Gasteiger partial charge in [0.2, 0.25) is 0 Å². The SMILES string of the molecule is CCCC1CCN(c2cc(F)cc(CNC3CC3)c2)C1. The maximum atomic E-state index is 13.8. The highest BCUT2D eigenvalue weighted by atomic mass is 19.1. The van der Waals surface area contributed by atoms with Crippen LogP contribution in [0.1, 0.15) is 44.6 Å². The number of nitrogens with one attached hydrogen (secondary N) is 1. The number of nitrogens with zero attached hydrogens (tertiary/aromatic N) is 1. The van der Waals surface area contributed by atoms with Crippen LogP contribution in [0.25, 0.3) is 0 Å². The van der Waals surface area contributed by atoms with Gasteiger partial charge in [0.1, 0.15) is 5.82 Å². The summed E-state index contributed by atoms with van der Waals surface area (Å²) in [5.74, 6) is 0.686. The van der Waals surface area contributed by atoms with Crippen LogP contribution in [0.15, 0.2) is 18.2 Å². The predicted octanol–water partition coefficient (Wildman–Crippen LogP) is 3.70. The van der Waals surface area contributed by atoms with Gasteiger partial charge in [-0.15, -0.1) is 0 Å². The quantitative estimate of drug-likeness (QED) is 0.852. The van der Waals surface area contributed by atoms with E-state index in [0.29, 0.717) is 6.04 Å². The summed E-state index contributed by atoms with van der Waals surface area (Å²) in [4.78, 5) is 2.35. The first-order valence-corrected chi connectivity index (χ1v) is 8.02. The summed E-state index contributed by atoms with van der Waals surface area (Å²) in [6, 6.07) is 6.18. The molecule has 1 aromatic carbocycles. The maximum absolute atomic E-state index is 13.8. The van der Waals surface area contributed by atoms with Crippen molar-refractivity contribution in [3.63, 3.8) is 0 Å². The van der Waals surface area contributed by atoms with Gasteiger partial charge in [-0.1, -0.05) is 13.3 Å². The zero-order valence-corrected chi connectivity index (χ0v) is 12.4. The van der Waals surface area contributed by atoms with Gasteiger partial charge < -0.3 is 10.2 Å². The number of anilines is 1. The second-order valence-electron chi connectivity index (χ2n) is 6.36. The van der Waals surface area contributed by atoms with Crippen LogP contribution in [0, 0.1) is 11.7 Å². The summed E-state index contributed by atoms with van der Waals surface area (Å²) in [6.45, 7) is 5.20. The van der Waals surface area contributed by atoms with Gasteiger partial charge in [-0.2, -0.15) is 0 Å². The van der Waals surface area contributed by atoms with E-state index in [1.807, 2.05) is 0 Å². The molecule has 0 bridgehead atoms. The Hall–Kier alpha value is -1.09. The zero-order chi connectivity index (χ0) is 13.9. The van der Waals surface area contributed by atoms with Crippen LogP contribution in [0.3, 0.4) is 0 Å². The molecule has 0 spiro atoms. The van der Waals surface area contributed by atoms with Crippen LogP contribution in [0.2, 0.25) is 0 Å². The Morgan fingerprint density at radius 1 is 1.25 bits per heavy atom. The van der Waals surface area contributed by atoms with Crippen molar-refractivity contribution in [2.24, 2.45) is 5.92 Å². The summed E-state index contributed by atoms with van der Waals surface area (Å²) >= 11 is 0. The highest BCUT2D eigenvalue weighted by Crippen LogP contribution is 2.28. The van der Waals surface area contributed by atoms with E-state index in [4.69, 9.17) is 0 Å². The van der Waals surface area contributed by atoms with Gasteiger partial charge in [-0.05, 0) is 55.4 Å². The molecule has 20 heavy (non-hydrogen) atoms. The van der Waals surface area contributed by atoms with Gasteiger partial charge in [-0.3, -0.25) is 0 Å². The minimum atomic E-state index is -0.103. The fourth-order valence-corrected chi connectivity index (χ4v) is 3.18. The fraction of sp³-hybridized carbons (Fsp3) is 0.647. The van der Waals surface area contributed by atoms with Crippen LogP contribution in [0.4, 0.5) is 10.1 Å². The van der Waals surface area contributed by atoms with E-state index in [9.17, 15) is 4.39 Å². The standard InChI is InChI=1S/C17H25FN2/c1-2-3-13-6-7-20(12-13)17-9-14(8-15(18)10-17)11-19-16-4-5-16/h8-10,13,16,19H,2-7,11-12H2,1H3. The van der Waals surface area contributed by atoms with Gasteiger partial charge >= 0.3 is 0 Å². The highest BCUT2D eigenvalue weighted by molar-refractivity contribution is 5.50. The Bertz CT molecular complexity index is 456. The van der Waals surface area contributed by atoms with Crippen molar-refractivity contribution >= 4 is 5.69 Å². The first-order chi connectivity index (χ1) is 9.74. The minimum absolute atomic E-state index is 0.103. The van der Waals surface area contributed by atoms with Gasteiger partial charge in [0.25, 0.3) is 0 Å². The summed E-state index contributed by atoms with van der Waals surface area (Å²) in [6.07, 6.45) is 6.33. The van der Waals surface area contributed by atoms with Crippen molar-refractivity contribution in [2.75, 3.05) is 18.0 Å². The van der Waals surface area contributed by atoms with Crippen molar-refractivity contribution in [1.82, 2.24) is 5.32 Å². The molecule has 1 heterocycles. The molecule has 1 aliphatic heterocycles. The normalized spacial score (nSPS) is 22.5.